The number of anilines is 1. The van der Waals surface area contributed by atoms with Gasteiger partial charge in [0.05, 0.1) is 18.1 Å². The molecular formula is C19H17N3O7. The second kappa shape index (κ2) is 10.3. The van der Waals surface area contributed by atoms with Crippen molar-refractivity contribution >= 4 is 23.3 Å². The van der Waals surface area contributed by atoms with E-state index in [4.69, 9.17) is 19.5 Å². The smallest absolute Gasteiger partial charge is 0.344 e. The van der Waals surface area contributed by atoms with Crippen LogP contribution in [0.25, 0.3) is 0 Å². The van der Waals surface area contributed by atoms with Gasteiger partial charge in [-0.3, -0.25) is 19.8 Å². The lowest BCUT2D eigenvalue weighted by Gasteiger charge is -2.19. The Morgan fingerprint density at radius 3 is 2.52 bits per heavy atom. The summed E-state index contributed by atoms with van der Waals surface area (Å²) in [5.41, 5.74) is 0.260. The number of hydrogen-bond acceptors (Lipinski definition) is 8. The lowest BCUT2D eigenvalue weighted by Crippen LogP contribution is -2.35. The van der Waals surface area contributed by atoms with E-state index in [1.165, 1.54) is 30.2 Å². The molecule has 0 aliphatic carbocycles. The highest BCUT2D eigenvalue weighted by Crippen LogP contribution is 2.30. The van der Waals surface area contributed by atoms with E-state index >= 15 is 0 Å². The SMILES string of the molecule is COc1cc(OCC(=O)OCC(=O)N(CC#N)c2ccccc2)ccc1[N+](=O)[O-]. The summed E-state index contributed by atoms with van der Waals surface area (Å²) in [6, 6.07) is 14.1. The van der Waals surface area contributed by atoms with Crippen LogP contribution in [0.1, 0.15) is 0 Å². The number of nitriles is 1. The number of esters is 1. The van der Waals surface area contributed by atoms with Crippen LogP contribution in [0.15, 0.2) is 48.5 Å². The fourth-order valence-electron chi connectivity index (χ4n) is 2.30. The van der Waals surface area contributed by atoms with Crippen molar-refractivity contribution in [1.29, 1.82) is 5.26 Å². The summed E-state index contributed by atoms with van der Waals surface area (Å²) in [5, 5.41) is 19.8. The van der Waals surface area contributed by atoms with Gasteiger partial charge in [0.1, 0.15) is 12.3 Å². The van der Waals surface area contributed by atoms with Crippen LogP contribution in [0.3, 0.4) is 0 Å². The van der Waals surface area contributed by atoms with Crippen LogP contribution in [-0.4, -0.2) is 43.7 Å². The Morgan fingerprint density at radius 2 is 1.90 bits per heavy atom. The highest BCUT2D eigenvalue weighted by atomic mass is 16.6. The molecule has 10 nitrogen and oxygen atoms in total. The summed E-state index contributed by atoms with van der Waals surface area (Å²) in [5.74, 6) is -1.25. The maximum absolute atomic E-state index is 12.3. The van der Waals surface area contributed by atoms with Gasteiger partial charge >= 0.3 is 11.7 Å². The number of para-hydroxylation sites is 1. The maximum atomic E-state index is 12.3. The third-order valence-corrected chi connectivity index (χ3v) is 3.66. The first kappa shape index (κ1) is 21.2. The average Bonchev–Trinajstić information content (AvgIpc) is 2.74. The quantitative estimate of drug-likeness (QED) is 0.271. The lowest BCUT2D eigenvalue weighted by molar-refractivity contribution is -0.385. The van der Waals surface area contributed by atoms with Crippen LogP contribution >= 0.6 is 0 Å². The third-order valence-electron chi connectivity index (χ3n) is 3.66. The second-order valence-corrected chi connectivity index (χ2v) is 5.51. The summed E-state index contributed by atoms with van der Waals surface area (Å²) in [6.45, 7) is -1.28. The van der Waals surface area contributed by atoms with Crippen molar-refractivity contribution in [2.75, 3.05) is 31.8 Å². The molecule has 10 heteroatoms. The molecule has 0 saturated heterocycles. The molecule has 0 saturated carbocycles. The van der Waals surface area contributed by atoms with Crippen molar-refractivity contribution in [3.05, 3.63) is 58.6 Å². The van der Waals surface area contributed by atoms with Crippen LogP contribution < -0.4 is 14.4 Å². The number of carbonyl (C=O) groups excluding carboxylic acids is 2. The summed E-state index contributed by atoms with van der Waals surface area (Å²) < 4.78 is 15.0. The van der Waals surface area contributed by atoms with E-state index in [-0.39, 0.29) is 23.7 Å². The number of methoxy groups -OCH3 is 1. The minimum Gasteiger partial charge on any atom is -0.490 e. The Bertz CT molecular complexity index is 925. The van der Waals surface area contributed by atoms with Gasteiger partial charge in [-0.05, 0) is 18.2 Å². The van der Waals surface area contributed by atoms with E-state index in [9.17, 15) is 19.7 Å². The van der Waals surface area contributed by atoms with Crippen molar-refractivity contribution in [2.24, 2.45) is 0 Å². The zero-order valence-corrected chi connectivity index (χ0v) is 15.4. The zero-order chi connectivity index (χ0) is 21.2. The fourth-order valence-corrected chi connectivity index (χ4v) is 2.30. The second-order valence-electron chi connectivity index (χ2n) is 5.51. The van der Waals surface area contributed by atoms with Crippen molar-refractivity contribution in [3.8, 4) is 17.6 Å². The highest BCUT2D eigenvalue weighted by Gasteiger charge is 2.18. The molecule has 0 spiro atoms. The average molecular weight is 399 g/mol. The van der Waals surface area contributed by atoms with Gasteiger partial charge in [0.25, 0.3) is 5.91 Å². The first-order valence-electron chi connectivity index (χ1n) is 8.29. The highest BCUT2D eigenvalue weighted by molar-refractivity contribution is 5.95. The van der Waals surface area contributed by atoms with Crippen molar-refractivity contribution in [3.63, 3.8) is 0 Å². The predicted molar refractivity (Wildman–Crippen MR) is 101 cm³/mol. The molecule has 0 heterocycles. The minimum atomic E-state index is -0.819. The normalized spacial score (nSPS) is 9.79. The van der Waals surface area contributed by atoms with E-state index in [1.807, 2.05) is 6.07 Å². The van der Waals surface area contributed by atoms with Crippen molar-refractivity contribution < 1.29 is 28.7 Å². The summed E-state index contributed by atoms with van der Waals surface area (Å²) in [6.07, 6.45) is 0. The number of rotatable bonds is 9. The van der Waals surface area contributed by atoms with Gasteiger partial charge in [-0.1, -0.05) is 18.2 Å². The molecular weight excluding hydrogens is 382 g/mol. The molecule has 0 unspecified atom stereocenters. The van der Waals surface area contributed by atoms with E-state index < -0.39 is 30.0 Å². The molecule has 29 heavy (non-hydrogen) atoms. The molecule has 0 atom stereocenters. The van der Waals surface area contributed by atoms with E-state index in [1.54, 1.807) is 30.3 Å². The van der Waals surface area contributed by atoms with Crippen LogP contribution in [0, 0.1) is 21.4 Å². The van der Waals surface area contributed by atoms with Gasteiger partial charge in [-0.15, -0.1) is 0 Å². The number of benzene rings is 2. The first-order valence-corrected chi connectivity index (χ1v) is 8.29. The Labute approximate surface area is 166 Å². The first-order chi connectivity index (χ1) is 14.0. The summed E-state index contributed by atoms with van der Waals surface area (Å²) in [4.78, 5) is 35.6. The van der Waals surface area contributed by atoms with Crippen molar-refractivity contribution in [1.82, 2.24) is 0 Å². The predicted octanol–water partition coefficient (Wildman–Crippen LogP) is 2.08. The lowest BCUT2D eigenvalue weighted by atomic mass is 10.3. The number of nitrogens with zero attached hydrogens (tertiary/aromatic N) is 3. The Morgan fingerprint density at radius 1 is 1.17 bits per heavy atom. The van der Waals surface area contributed by atoms with Gasteiger partial charge < -0.3 is 14.2 Å². The molecule has 2 aromatic carbocycles. The number of hydrogen-bond donors (Lipinski definition) is 0. The Kier molecular flexibility index (Phi) is 7.50. The molecule has 0 aromatic heterocycles. The Balaban J connectivity index is 1.90. The number of amides is 1. The van der Waals surface area contributed by atoms with Gasteiger partial charge in [0.15, 0.2) is 13.2 Å². The number of nitro benzene ring substituents is 1. The molecule has 0 bridgehead atoms. The van der Waals surface area contributed by atoms with Crippen LogP contribution in [0.2, 0.25) is 0 Å². The van der Waals surface area contributed by atoms with Gasteiger partial charge in [-0.2, -0.15) is 5.26 Å². The molecule has 0 aliphatic heterocycles. The monoisotopic (exact) mass is 399 g/mol. The number of ether oxygens (including phenoxy) is 3. The van der Waals surface area contributed by atoms with Gasteiger partial charge in [0.2, 0.25) is 5.75 Å². The minimum absolute atomic E-state index is 0.0222. The molecule has 0 radical (unpaired) electrons. The van der Waals surface area contributed by atoms with E-state index in [0.717, 1.165) is 0 Å². The van der Waals surface area contributed by atoms with E-state index in [0.29, 0.717) is 5.69 Å². The molecule has 2 rings (SSSR count). The Hall–Kier alpha value is -4.13. The van der Waals surface area contributed by atoms with Gasteiger partial charge in [0, 0.05) is 17.8 Å². The third kappa shape index (κ3) is 5.93. The topological polar surface area (TPSA) is 132 Å². The van der Waals surface area contributed by atoms with Crippen LogP contribution in [0.5, 0.6) is 11.5 Å². The van der Waals surface area contributed by atoms with Crippen LogP contribution in [-0.2, 0) is 14.3 Å². The summed E-state index contributed by atoms with van der Waals surface area (Å²) >= 11 is 0. The molecule has 0 N–H and O–H groups in total. The fraction of sp³-hybridized carbons (Fsp3) is 0.211. The molecule has 2 aromatic rings. The molecule has 0 fully saturated rings. The van der Waals surface area contributed by atoms with Gasteiger partial charge in [-0.25, -0.2) is 4.79 Å². The van der Waals surface area contributed by atoms with Crippen LogP contribution in [0.4, 0.5) is 11.4 Å². The zero-order valence-electron chi connectivity index (χ0n) is 15.4. The number of carbonyl (C=O) groups is 2. The standard InChI is InChI=1S/C19H17N3O7/c1-27-17-11-15(7-8-16(17)22(25)26)28-13-19(24)29-12-18(23)21(10-9-20)14-5-3-2-4-6-14/h2-8,11H,10,12-13H2,1H3. The van der Waals surface area contributed by atoms with Crippen molar-refractivity contribution in [2.45, 2.75) is 0 Å². The largest absolute Gasteiger partial charge is 0.490 e. The summed E-state index contributed by atoms with van der Waals surface area (Å²) in [7, 11) is 1.27. The number of nitro groups is 1. The molecule has 150 valence electrons. The molecule has 1 amide bonds. The maximum Gasteiger partial charge on any atom is 0.344 e. The van der Waals surface area contributed by atoms with E-state index in [2.05, 4.69) is 0 Å². The molecule has 0 aliphatic rings.